The molecule has 5 nitrogen and oxygen atoms in total. The van der Waals surface area contributed by atoms with Crippen LogP contribution in [0.4, 0.5) is 10.5 Å². The van der Waals surface area contributed by atoms with E-state index >= 15 is 0 Å². The summed E-state index contributed by atoms with van der Waals surface area (Å²) in [7, 11) is 4.11. The van der Waals surface area contributed by atoms with Crippen molar-refractivity contribution in [2.45, 2.75) is 52.1 Å². The van der Waals surface area contributed by atoms with Crippen LogP contribution in [0, 0.1) is 5.92 Å². The molecular weight excluding hydrogens is 428 g/mol. The van der Waals surface area contributed by atoms with Crippen LogP contribution in [0.3, 0.4) is 0 Å². The predicted octanol–water partition coefficient (Wildman–Crippen LogP) is 5.75. The molecule has 2 amide bonds. The second-order valence-corrected chi connectivity index (χ2v) is 11.0. The molecule has 0 saturated carbocycles. The van der Waals surface area contributed by atoms with Gasteiger partial charge in [0.2, 0.25) is 0 Å². The van der Waals surface area contributed by atoms with Crippen molar-refractivity contribution in [1.29, 1.82) is 0 Å². The van der Waals surface area contributed by atoms with Gasteiger partial charge in [0, 0.05) is 43.0 Å². The molecule has 0 radical (unpaired) electrons. The summed E-state index contributed by atoms with van der Waals surface area (Å²) in [5.74, 6) is 0.409. The maximum atomic E-state index is 13.6. The highest BCUT2D eigenvalue weighted by Gasteiger charge is 2.36. The van der Waals surface area contributed by atoms with Gasteiger partial charge in [0.05, 0.1) is 18.3 Å². The highest BCUT2D eigenvalue weighted by molar-refractivity contribution is 7.15. The predicted molar refractivity (Wildman–Crippen MR) is 137 cm³/mol. The fourth-order valence-electron chi connectivity index (χ4n) is 5.09. The van der Waals surface area contributed by atoms with Gasteiger partial charge in [-0.3, -0.25) is 0 Å². The second kappa shape index (κ2) is 8.90. The van der Waals surface area contributed by atoms with Gasteiger partial charge in [0.15, 0.2) is 0 Å². The normalized spacial score (nSPS) is 17.2. The molecule has 0 bridgehead atoms. The molecule has 2 aliphatic rings. The highest BCUT2D eigenvalue weighted by atomic mass is 32.1. The van der Waals surface area contributed by atoms with Gasteiger partial charge in [-0.25, -0.2) is 4.79 Å². The van der Waals surface area contributed by atoms with Gasteiger partial charge in [0.1, 0.15) is 5.00 Å². The SMILES string of the molecule is CC(C)CNC(=O)N1Cc2c(sc3c2CCCC3)-n2cccc2[C@@H]1c1ccc(N(C)C)cc1. The van der Waals surface area contributed by atoms with Crippen molar-refractivity contribution >= 4 is 23.1 Å². The zero-order valence-electron chi connectivity index (χ0n) is 20.1. The van der Waals surface area contributed by atoms with Crippen LogP contribution in [-0.4, -0.2) is 36.1 Å². The fourth-order valence-corrected chi connectivity index (χ4v) is 6.49. The number of carbonyl (C=O) groups excluding carboxylic acids is 1. The van der Waals surface area contributed by atoms with Crippen molar-refractivity contribution in [3.05, 3.63) is 69.9 Å². The van der Waals surface area contributed by atoms with E-state index in [-0.39, 0.29) is 12.1 Å². The molecule has 1 atom stereocenters. The van der Waals surface area contributed by atoms with Gasteiger partial charge >= 0.3 is 6.03 Å². The number of nitrogens with one attached hydrogen (secondary N) is 1. The van der Waals surface area contributed by atoms with E-state index in [0.29, 0.717) is 19.0 Å². The van der Waals surface area contributed by atoms with Crippen LogP contribution in [0.25, 0.3) is 5.00 Å². The van der Waals surface area contributed by atoms with Gasteiger partial charge < -0.3 is 19.7 Å². The van der Waals surface area contributed by atoms with Gasteiger partial charge in [-0.15, -0.1) is 11.3 Å². The maximum absolute atomic E-state index is 13.6. The molecule has 0 unspecified atom stereocenters. The van der Waals surface area contributed by atoms with Gasteiger partial charge in [-0.2, -0.15) is 0 Å². The number of hydrogen-bond donors (Lipinski definition) is 1. The standard InChI is InChI=1S/C27H34N4OS/c1-18(2)16-28-27(32)31-17-22-21-8-5-6-10-24(21)33-26(22)30-15-7-9-23(30)25(31)19-11-13-20(14-12-19)29(3)4/h7,9,11-15,18,25H,5-6,8,10,16-17H2,1-4H3,(H,28,32)/t25-/m0/s1. The highest BCUT2D eigenvalue weighted by Crippen LogP contribution is 2.44. The molecule has 3 aromatic rings. The van der Waals surface area contributed by atoms with Gasteiger partial charge in [0.25, 0.3) is 0 Å². The van der Waals surface area contributed by atoms with Crippen LogP contribution < -0.4 is 10.2 Å². The van der Waals surface area contributed by atoms with Crippen LogP contribution in [0.15, 0.2) is 42.6 Å². The van der Waals surface area contributed by atoms with Crippen LogP contribution >= 0.6 is 11.3 Å². The summed E-state index contributed by atoms with van der Waals surface area (Å²) in [4.78, 5) is 19.3. The number of nitrogens with zero attached hydrogens (tertiary/aromatic N) is 3. The average Bonchev–Trinajstić information content (AvgIpc) is 3.39. The second-order valence-electron chi connectivity index (χ2n) is 9.89. The Morgan fingerprint density at radius 2 is 1.88 bits per heavy atom. The number of carbonyl (C=O) groups is 1. The first-order valence-electron chi connectivity index (χ1n) is 12.1. The third kappa shape index (κ3) is 4.05. The van der Waals surface area contributed by atoms with Crippen LogP contribution in [0.1, 0.15) is 60.0 Å². The number of aryl methyl sites for hydroxylation is 1. The minimum Gasteiger partial charge on any atom is -0.378 e. The Morgan fingerprint density at radius 3 is 2.61 bits per heavy atom. The van der Waals surface area contributed by atoms with E-state index in [9.17, 15) is 4.79 Å². The molecule has 1 aliphatic carbocycles. The number of aromatic nitrogens is 1. The van der Waals surface area contributed by atoms with Gasteiger partial charge in [-0.1, -0.05) is 26.0 Å². The lowest BCUT2D eigenvalue weighted by Gasteiger charge is -2.32. The lowest BCUT2D eigenvalue weighted by Crippen LogP contribution is -2.43. The lowest BCUT2D eigenvalue weighted by atomic mass is 9.95. The monoisotopic (exact) mass is 462 g/mol. The lowest BCUT2D eigenvalue weighted by molar-refractivity contribution is 0.179. The molecule has 0 spiro atoms. The minimum absolute atomic E-state index is 0.0155. The zero-order valence-corrected chi connectivity index (χ0v) is 20.9. The zero-order chi connectivity index (χ0) is 23.1. The molecule has 1 aliphatic heterocycles. The van der Waals surface area contributed by atoms with Crippen molar-refractivity contribution < 1.29 is 4.79 Å². The van der Waals surface area contributed by atoms with E-state index in [1.807, 2.05) is 11.3 Å². The molecular formula is C27H34N4OS. The Bertz CT molecular complexity index is 1140. The first-order chi connectivity index (χ1) is 15.9. The molecule has 6 heteroatoms. The summed E-state index contributed by atoms with van der Waals surface area (Å²) in [6, 6.07) is 12.8. The van der Waals surface area contributed by atoms with Crippen molar-refractivity contribution in [2.24, 2.45) is 5.92 Å². The number of thiophene rings is 1. The van der Waals surface area contributed by atoms with E-state index in [0.717, 1.165) is 23.4 Å². The summed E-state index contributed by atoms with van der Waals surface area (Å²) in [6.07, 6.45) is 6.97. The number of fused-ring (bicyclic) bond motifs is 5. The summed E-state index contributed by atoms with van der Waals surface area (Å²) in [5, 5.41) is 4.51. The van der Waals surface area contributed by atoms with Crippen molar-refractivity contribution in [2.75, 3.05) is 25.5 Å². The summed E-state index contributed by atoms with van der Waals surface area (Å²) in [6.45, 7) is 5.60. The van der Waals surface area contributed by atoms with Crippen LogP contribution in [-0.2, 0) is 19.4 Å². The molecule has 0 saturated heterocycles. The smallest absolute Gasteiger partial charge is 0.318 e. The number of urea groups is 1. The first kappa shape index (κ1) is 22.1. The van der Waals surface area contributed by atoms with E-state index in [2.05, 4.69) is 90.2 Å². The Hall–Kier alpha value is -2.73. The molecule has 2 aromatic heterocycles. The molecule has 1 aromatic carbocycles. The molecule has 3 heterocycles. The first-order valence-corrected chi connectivity index (χ1v) is 12.9. The number of amides is 2. The van der Waals surface area contributed by atoms with E-state index in [1.165, 1.54) is 40.3 Å². The summed E-state index contributed by atoms with van der Waals surface area (Å²) >= 11 is 1.93. The topological polar surface area (TPSA) is 40.5 Å². The van der Waals surface area contributed by atoms with E-state index in [4.69, 9.17) is 0 Å². The molecule has 5 rings (SSSR count). The number of anilines is 1. The van der Waals surface area contributed by atoms with E-state index in [1.54, 1.807) is 0 Å². The third-order valence-corrected chi connectivity index (χ3v) is 8.16. The number of benzene rings is 1. The molecule has 0 fully saturated rings. The fraction of sp³-hybridized carbons (Fsp3) is 0.444. The van der Waals surface area contributed by atoms with E-state index < -0.39 is 0 Å². The number of hydrogen-bond acceptors (Lipinski definition) is 3. The Balaban J connectivity index is 1.63. The van der Waals surface area contributed by atoms with Crippen molar-refractivity contribution in [3.63, 3.8) is 0 Å². The molecule has 174 valence electrons. The largest absolute Gasteiger partial charge is 0.378 e. The molecule has 33 heavy (non-hydrogen) atoms. The minimum atomic E-state index is -0.137. The Morgan fingerprint density at radius 1 is 1.12 bits per heavy atom. The number of rotatable bonds is 4. The maximum Gasteiger partial charge on any atom is 0.318 e. The van der Waals surface area contributed by atoms with Crippen molar-refractivity contribution in [3.8, 4) is 5.00 Å². The van der Waals surface area contributed by atoms with Crippen molar-refractivity contribution in [1.82, 2.24) is 14.8 Å². The quantitative estimate of drug-likeness (QED) is 0.536. The Labute approximate surface area is 201 Å². The Kier molecular flexibility index (Phi) is 5.95. The average molecular weight is 463 g/mol. The third-order valence-electron chi connectivity index (χ3n) is 6.83. The van der Waals surface area contributed by atoms with Gasteiger partial charge in [-0.05, 0) is 67.0 Å². The van der Waals surface area contributed by atoms with Crippen LogP contribution in [0.2, 0.25) is 0 Å². The molecule has 1 N–H and O–H groups in total. The summed E-state index contributed by atoms with van der Waals surface area (Å²) in [5.41, 5.74) is 6.30. The summed E-state index contributed by atoms with van der Waals surface area (Å²) < 4.78 is 2.35. The van der Waals surface area contributed by atoms with Crippen LogP contribution in [0.5, 0.6) is 0 Å².